The van der Waals surface area contributed by atoms with Gasteiger partial charge in [-0.1, -0.05) is 26.0 Å². The summed E-state index contributed by atoms with van der Waals surface area (Å²) in [6.07, 6.45) is 0.970. The minimum Gasteiger partial charge on any atom is -0.209 e. The topological polar surface area (TPSA) is 0 Å². The fraction of sp³-hybridized carbons (Fsp3) is 0.333. The molecule has 0 N–H and O–H groups in total. The number of hydrogen-bond donors (Lipinski definition) is 0. The zero-order chi connectivity index (χ0) is 14.6. The van der Waals surface area contributed by atoms with E-state index in [9.17, 15) is 17.6 Å². The third-order valence-electron chi connectivity index (χ3n) is 2.80. The second-order valence-electron chi connectivity index (χ2n) is 3.98. The van der Waals surface area contributed by atoms with E-state index in [1.165, 1.54) is 19.1 Å². The van der Waals surface area contributed by atoms with Crippen LogP contribution in [0.1, 0.15) is 37.8 Å². The van der Waals surface area contributed by atoms with Gasteiger partial charge in [-0.2, -0.15) is 0 Å². The van der Waals surface area contributed by atoms with E-state index in [1.54, 1.807) is 0 Å². The summed E-state index contributed by atoms with van der Waals surface area (Å²) in [5.41, 5.74) is 0.459. The van der Waals surface area contributed by atoms with Crippen LogP contribution >= 0.6 is 0 Å². The van der Waals surface area contributed by atoms with Gasteiger partial charge in [-0.3, -0.25) is 0 Å². The molecule has 0 nitrogen and oxygen atoms in total. The van der Waals surface area contributed by atoms with Crippen molar-refractivity contribution in [2.75, 3.05) is 0 Å². The fourth-order valence-electron chi connectivity index (χ4n) is 1.77. The van der Waals surface area contributed by atoms with Crippen LogP contribution in [-0.4, -0.2) is 0 Å². The lowest BCUT2D eigenvalue weighted by Crippen LogP contribution is -2.00. The largest absolute Gasteiger partial charge is 0.209 e. The molecule has 1 aromatic carbocycles. The molecule has 0 atom stereocenters. The Bertz CT molecular complexity index is 527. The van der Waals surface area contributed by atoms with Gasteiger partial charge in [0.15, 0.2) is 17.5 Å². The molecule has 0 saturated carbocycles. The lowest BCUT2D eigenvalue weighted by Gasteiger charge is -2.13. The monoisotopic (exact) mass is 272 g/mol. The predicted octanol–water partition coefficient (Wildman–Crippen LogP) is 5.63. The van der Waals surface area contributed by atoms with Gasteiger partial charge >= 0.3 is 0 Å². The van der Waals surface area contributed by atoms with Crippen LogP contribution in [0.2, 0.25) is 0 Å². The molecule has 0 spiro atoms. The van der Waals surface area contributed by atoms with Gasteiger partial charge in [0.25, 0.3) is 0 Å². The van der Waals surface area contributed by atoms with Crippen LogP contribution in [0.4, 0.5) is 17.6 Å². The van der Waals surface area contributed by atoms with Crippen LogP contribution in [0.3, 0.4) is 0 Å². The normalized spacial score (nSPS) is 14.8. The molecular weight excluding hydrogens is 256 g/mol. The molecule has 0 fully saturated rings. The molecule has 1 aromatic rings. The molecule has 2 rings (SSSR count). The standard InChI is InChI=1S/C13H10F4.C2H6/c1-7-2-4-9(13(17)12(7)16)8-3-5-10(14)11(15)6-8;1-2/h2,4,6H,3,5H2,1H3;1-2H3. The lowest BCUT2D eigenvalue weighted by atomic mass is 9.95. The van der Waals surface area contributed by atoms with Crippen molar-refractivity contribution in [1.82, 2.24) is 0 Å². The van der Waals surface area contributed by atoms with Crippen LogP contribution in [0.25, 0.3) is 5.57 Å². The van der Waals surface area contributed by atoms with Gasteiger partial charge < -0.3 is 0 Å². The van der Waals surface area contributed by atoms with Crippen LogP contribution in [0.5, 0.6) is 0 Å². The lowest BCUT2D eigenvalue weighted by molar-refractivity contribution is 0.497. The summed E-state index contributed by atoms with van der Waals surface area (Å²) >= 11 is 0. The van der Waals surface area contributed by atoms with Gasteiger partial charge in [-0.15, -0.1) is 0 Å². The highest BCUT2D eigenvalue weighted by molar-refractivity contribution is 5.70. The minimum absolute atomic E-state index is 0.00394. The summed E-state index contributed by atoms with van der Waals surface area (Å²) in [6, 6.07) is 2.80. The van der Waals surface area contributed by atoms with E-state index < -0.39 is 23.3 Å². The summed E-state index contributed by atoms with van der Waals surface area (Å²) < 4.78 is 52.8. The van der Waals surface area contributed by atoms with E-state index >= 15 is 0 Å². The molecule has 19 heavy (non-hydrogen) atoms. The Balaban J connectivity index is 0.000000861. The summed E-state index contributed by atoms with van der Waals surface area (Å²) in [4.78, 5) is 0. The molecule has 0 aliphatic heterocycles. The van der Waals surface area contributed by atoms with Gasteiger partial charge in [0.05, 0.1) is 0 Å². The zero-order valence-corrected chi connectivity index (χ0v) is 11.2. The average Bonchev–Trinajstić information content (AvgIpc) is 2.42. The highest BCUT2D eigenvalue weighted by atomic mass is 19.2. The number of hydrogen-bond acceptors (Lipinski definition) is 0. The van der Waals surface area contributed by atoms with E-state index in [2.05, 4.69) is 0 Å². The van der Waals surface area contributed by atoms with Gasteiger partial charge in [-0.05, 0) is 30.6 Å². The molecular formula is C15H16F4. The second kappa shape index (κ2) is 6.55. The third kappa shape index (κ3) is 3.25. The molecule has 0 aromatic heterocycles. The quantitative estimate of drug-likeness (QED) is 0.581. The van der Waals surface area contributed by atoms with Crippen molar-refractivity contribution < 1.29 is 17.6 Å². The fourth-order valence-corrected chi connectivity index (χ4v) is 1.77. The highest BCUT2D eigenvalue weighted by Crippen LogP contribution is 2.33. The molecule has 104 valence electrons. The van der Waals surface area contributed by atoms with Crippen LogP contribution in [-0.2, 0) is 0 Å². The van der Waals surface area contributed by atoms with E-state index in [0.29, 0.717) is 0 Å². The maximum Gasteiger partial charge on any atom is 0.166 e. The van der Waals surface area contributed by atoms with Crippen LogP contribution in [0, 0.1) is 18.6 Å². The molecule has 1 aliphatic carbocycles. The first kappa shape index (κ1) is 15.5. The first-order chi connectivity index (χ1) is 9.00. The van der Waals surface area contributed by atoms with E-state index in [0.717, 1.165) is 6.08 Å². The van der Waals surface area contributed by atoms with Gasteiger partial charge in [0.2, 0.25) is 0 Å². The van der Waals surface area contributed by atoms with E-state index in [4.69, 9.17) is 0 Å². The predicted molar refractivity (Wildman–Crippen MR) is 68.9 cm³/mol. The van der Waals surface area contributed by atoms with E-state index in [-0.39, 0.29) is 29.5 Å². The summed E-state index contributed by atoms with van der Waals surface area (Å²) in [7, 11) is 0. The Morgan fingerprint density at radius 2 is 1.53 bits per heavy atom. The maximum atomic E-state index is 13.6. The number of allylic oxidation sites excluding steroid dienone is 4. The van der Waals surface area contributed by atoms with E-state index in [1.807, 2.05) is 13.8 Å². The SMILES string of the molecule is CC.Cc1ccc(C2=CC(F)=C(F)CC2)c(F)c1F. The summed E-state index contributed by atoms with van der Waals surface area (Å²) in [5, 5.41) is 0. The zero-order valence-electron chi connectivity index (χ0n) is 11.2. The van der Waals surface area contributed by atoms with Crippen LogP contribution < -0.4 is 0 Å². The van der Waals surface area contributed by atoms with Crippen molar-refractivity contribution in [2.24, 2.45) is 0 Å². The Morgan fingerprint density at radius 3 is 2.11 bits per heavy atom. The molecule has 1 aliphatic rings. The van der Waals surface area contributed by atoms with Crippen molar-refractivity contribution in [3.8, 4) is 0 Å². The summed E-state index contributed by atoms with van der Waals surface area (Å²) in [5.74, 6) is -3.81. The Kier molecular flexibility index (Phi) is 5.33. The summed E-state index contributed by atoms with van der Waals surface area (Å²) in [6.45, 7) is 5.44. The first-order valence-electron chi connectivity index (χ1n) is 6.20. The second-order valence-corrected chi connectivity index (χ2v) is 3.98. The third-order valence-corrected chi connectivity index (χ3v) is 2.80. The smallest absolute Gasteiger partial charge is 0.166 e. The first-order valence-corrected chi connectivity index (χ1v) is 6.20. The maximum absolute atomic E-state index is 13.6. The molecule has 0 unspecified atom stereocenters. The molecule has 0 heterocycles. The number of aryl methyl sites for hydroxylation is 1. The van der Waals surface area contributed by atoms with Crippen molar-refractivity contribution in [3.63, 3.8) is 0 Å². The number of benzene rings is 1. The molecule has 4 heteroatoms. The van der Waals surface area contributed by atoms with Gasteiger partial charge in [0.1, 0.15) is 5.83 Å². The molecule has 0 bridgehead atoms. The molecule has 0 radical (unpaired) electrons. The van der Waals surface area contributed by atoms with Crippen molar-refractivity contribution in [3.05, 3.63) is 52.6 Å². The Hall–Kier alpha value is -1.58. The van der Waals surface area contributed by atoms with Crippen molar-refractivity contribution >= 4 is 5.57 Å². The minimum atomic E-state index is -1.01. The Labute approximate surface area is 110 Å². The van der Waals surface area contributed by atoms with Gasteiger partial charge in [-0.25, -0.2) is 17.6 Å². The van der Waals surface area contributed by atoms with Crippen molar-refractivity contribution in [2.45, 2.75) is 33.6 Å². The van der Waals surface area contributed by atoms with Crippen LogP contribution in [0.15, 0.2) is 29.9 Å². The van der Waals surface area contributed by atoms with Gasteiger partial charge in [0, 0.05) is 12.0 Å². The molecule has 0 saturated heterocycles. The number of rotatable bonds is 1. The number of halogens is 4. The molecule has 0 amide bonds. The Morgan fingerprint density at radius 1 is 0.895 bits per heavy atom. The average molecular weight is 272 g/mol. The van der Waals surface area contributed by atoms with Crippen molar-refractivity contribution in [1.29, 1.82) is 0 Å². The highest BCUT2D eigenvalue weighted by Gasteiger charge is 2.19.